The summed E-state index contributed by atoms with van der Waals surface area (Å²) < 4.78 is 0. The number of aryl methyl sites for hydroxylation is 1. The molecule has 0 bridgehead atoms. The maximum absolute atomic E-state index is 4.73. The van der Waals surface area contributed by atoms with Crippen molar-refractivity contribution in [3.63, 3.8) is 0 Å². The van der Waals surface area contributed by atoms with Crippen LogP contribution < -0.4 is 10.2 Å². The number of hydrogen-bond donors (Lipinski definition) is 1. The standard InChI is InChI=1S/C18H25N3/c1-14(2)19-12-17-9-6-10-18(20-17)21(4)13-16-8-5-7-15(3)11-16/h5-11,14,19H,12-13H2,1-4H3. The van der Waals surface area contributed by atoms with Gasteiger partial charge >= 0.3 is 0 Å². The van der Waals surface area contributed by atoms with E-state index in [1.54, 1.807) is 0 Å². The number of anilines is 1. The molecule has 3 nitrogen and oxygen atoms in total. The molecule has 1 heterocycles. The zero-order chi connectivity index (χ0) is 15.2. The molecule has 2 aromatic rings. The van der Waals surface area contributed by atoms with E-state index in [-0.39, 0.29) is 0 Å². The molecule has 0 saturated carbocycles. The Morgan fingerprint density at radius 1 is 1.14 bits per heavy atom. The van der Waals surface area contributed by atoms with Gasteiger partial charge in [-0.05, 0) is 24.6 Å². The minimum Gasteiger partial charge on any atom is -0.355 e. The third kappa shape index (κ3) is 4.87. The van der Waals surface area contributed by atoms with E-state index in [1.165, 1.54) is 11.1 Å². The van der Waals surface area contributed by atoms with Gasteiger partial charge < -0.3 is 10.2 Å². The molecule has 1 N–H and O–H groups in total. The van der Waals surface area contributed by atoms with Crippen LogP contribution in [0.4, 0.5) is 5.82 Å². The zero-order valence-corrected chi connectivity index (χ0v) is 13.4. The summed E-state index contributed by atoms with van der Waals surface area (Å²) in [6, 6.07) is 15.3. The molecule has 0 spiro atoms. The summed E-state index contributed by atoms with van der Waals surface area (Å²) in [6.45, 7) is 8.10. The van der Waals surface area contributed by atoms with Crippen LogP contribution in [0.25, 0.3) is 0 Å². The van der Waals surface area contributed by atoms with Crippen molar-refractivity contribution >= 4 is 5.82 Å². The summed E-state index contributed by atoms with van der Waals surface area (Å²) in [7, 11) is 2.09. The summed E-state index contributed by atoms with van der Waals surface area (Å²) in [4.78, 5) is 6.91. The Morgan fingerprint density at radius 3 is 2.62 bits per heavy atom. The Hall–Kier alpha value is -1.87. The fourth-order valence-corrected chi connectivity index (χ4v) is 2.25. The predicted octanol–water partition coefficient (Wildman–Crippen LogP) is 3.52. The summed E-state index contributed by atoms with van der Waals surface area (Å²) in [6.07, 6.45) is 0. The van der Waals surface area contributed by atoms with Gasteiger partial charge in [0.2, 0.25) is 0 Å². The van der Waals surface area contributed by atoms with E-state index >= 15 is 0 Å². The highest BCUT2D eigenvalue weighted by atomic mass is 15.2. The molecule has 0 atom stereocenters. The van der Waals surface area contributed by atoms with E-state index in [0.717, 1.165) is 24.6 Å². The minimum atomic E-state index is 0.473. The Kier molecular flexibility index (Phi) is 5.34. The fourth-order valence-electron chi connectivity index (χ4n) is 2.25. The van der Waals surface area contributed by atoms with Gasteiger partial charge in [0.15, 0.2) is 0 Å². The van der Waals surface area contributed by atoms with Gasteiger partial charge in [-0.15, -0.1) is 0 Å². The van der Waals surface area contributed by atoms with Crippen LogP contribution in [-0.4, -0.2) is 18.1 Å². The van der Waals surface area contributed by atoms with Crippen LogP contribution in [0.5, 0.6) is 0 Å². The van der Waals surface area contributed by atoms with Gasteiger partial charge in [-0.1, -0.05) is 49.7 Å². The van der Waals surface area contributed by atoms with Crippen molar-refractivity contribution < 1.29 is 0 Å². The predicted molar refractivity (Wildman–Crippen MR) is 89.5 cm³/mol. The van der Waals surface area contributed by atoms with Crippen LogP contribution in [0.1, 0.15) is 30.7 Å². The quantitative estimate of drug-likeness (QED) is 0.879. The molecule has 112 valence electrons. The lowest BCUT2D eigenvalue weighted by Crippen LogP contribution is -2.23. The maximum atomic E-state index is 4.73. The second-order valence-electron chi connectivity index (χ2n) is 5.87. The van der Waals surface area contributed by atoms with E-state index in [2.05, 4.69) is 80.5 Å². The molecule has 0 unspecified atom stereocenters. The Labute approximate surface area is 128 Å². The number of pyridine rings is 1. The average molecular weight is 283 g/mol. The zero-order valence-electron chi connectivity index (χ0n) is 13.4. The normalized spacial score (nSPS) is 10.9. The minimum absolute atomic E-state index is 0.473. The van der Waals surface area contributed by atoms with Gasteiger partial charge in [-0.25, -0.2) is 4.98 Å². The summed E-state index contributed by atoms with van der Waals surface area (Å²) in [5.41, 5.74) is 3.69. The van der Waals surface area contributed by atoms with Gasteiger partial charge in [0, 0.05) is 26.2 Å². The molecule has 21 heavy (non-hydrogen) atoms. The first-order valence-electron chi connectivity index (χ1n) is 7.50. The highest BCUT2D eigenvalue weighted by Gasteiger charge is 2.05. The maximum Gasteiger partial charge on any atom is 0.128 e. The topological polar surface area (TPSA) is 28.2 Å². The van der Waals surface area contributed by atoms with Crippen molar-refractivity contribution in [3.8, 4) is 0 Å². The summed E-state index contributed by atoms with van der Waals surface area (Å²) in [5.74, 6) is 1.01. The number of aromatic nitrogens is 1. The smallest absolute Gasteiger partial charge is 0.128 e. The van der Waals surface area contributed by atoms with Gasteiger partial charge in [0.1, 0.15) is 5.82 Å². The number of rotatable bonds is 6. The van der Waals surface area contributed by atoms with Gasteiger partial charge in [-0.3, -0.25) is 0 Å². The van der Waals surface area contributed by atoms with Crippen LogP contribution in [0.2, 0.25) is 0 Å². The van der Waals surface area contributed by atoms with Crippen LogP contribution in [0.3, 0.4) is 0 Å². The first-order valence-corrected chi connectivity index (χ1v) is 7.50. The molecule has 0 fully saturated rings. The molecule has 3 heteroatoms. The second-order valence-corrected chi connectivity index (χ2v) is 5.87. The van der Waals surface area contributed by atoms with Gasteiger partial charge in [0.05, 0.1) is 5.69 Å². The highest BCUT2D eigenvalue weighted by Crippen LogP contribution is 2.14. The van der Waals surface area contributed by atoms with Crippen molar-refractivity contribution in [1.29, 1.82) is 0 Å². The molecule has 1 aromatic heterocycles. The van der Waals surface area contributed by atoms with Crippen LogP contribution in [0.15, 0.2) is 42.5 Å². The van der Waals surface area contributed by atoms with E-state index in [4.69, 9.17) is 4.98 Å². The molecule has 0 aliphatic heterocycles. The van der Waals surface area contributed by atoms with Crippen molar-refractivity contribution in [2.75, 3.05) is 11.9 Å². The fraction of sp³-hybridized carbons (Fsp3) is 0.389. The molecule has 0 amide bonds. The lowest BCUT2D eigenvalue weighted by molar-refractivity contribution is 0.581. The summed E-state index contributed by atoms with van der Waals surface area (Å²) in [5, 5.41) is 3.40. The Morgan fingerprint density at radius 2 is 1.90 bits per heavy atom. The van der Waals surface area contributed by atoms with E-state index in [0.29, 0.717) is 6.04 Å². The first-order chi connectivity index (χ1) is 10.0. The molecule has 0 aliphatic carbocycles. The molecular weight excluding hydrogens is 258 g/mol. The highest BCUT2D eigenvalue weighted by molar-refractivity contribution is 5.39. The first kappa shape index (κ1) is 15.5. The second kappa shape index (κ2) is 7.23. The van der Waals surface area contributed by atoms with Crippen LogP contribution in [-0.2, 0) is 13.1 Å². The van der Waals surface area contributed by atoms with E-state index in [1.807, 2.05) is 0 Å². The number of benzene rings is 1. The monoisotopic (exact) mass is 283 g/mol. The largest absolute Gasteiger partial charge is 0.355 e. The molecule has 0 saturated heterocycles. The molecule has 0 radical (unpaired) electrons. The molecule has 2 rings (SSSR count). The molecule has 1 aromatic carbocycles. The molecular formula is C18H25N3. The van der Waals surface area contributed by atoms with Gasteiger partial charge in [0.25, 0.3) is 0 Å². The number of nitrogens with one attached hydrogen (secondary N) is 1. The number of hydrogen-bond acceptors (Lipinski definition) is 3. The molecule has 0 aliphatic rings. The number of nitrogens with zero attached hydrogens (tertiary/aromatic N) is 2. The third-order valence-corrected chi connectivity index (χ3v) is 3.38. The SMILES string of the molecule is Cc1cccc(CN(C)c2cccc(CNC(C)C)n2)c1. The lowest BCUT2D eigenvalue weighted by Gasteiger charge is -2.19. The van der Waals surface area contributed by atoms with Crippen molar-refractivity contribution in [1.82, 2.24) is 10.3 Å². The van der Waals surface area contributed by atoms with E-state index < -0.39 is 0 Å². The van der Waals surface area contributed by atoms with Crippen LogP contribution >= 0.6 is 0 Å². The van der Waals surface area contributed by atoms with Crippen molar-refractivity contribution in [3.05, 3.63) is 59.3 Å². The van der Waals surface area contributed by atoms with Gasteiger partial charge in [-0.2, -0.15) is 0 Å². The van der Waals surface area contributed by atoms with Crippen molar-refractivity contribution in [2.24, 2.45) is 0 Å². The third-order valence-electron chi connectivity index (χ3n) is 3.38. The average Bonchev–Trinajstić information content (AvgIpc) is 2.45. The van der Waals surface area contributed by atoms with E-state index in [9.17, 15) is 0 Å². The lowest BCUT2D eigenvalue weighted by atomic mass is 10.1. The Balaban J connectivity index is 2.05. The van der Waals surface area contributed by atoms with Crippen LogP contribution in [0, 0.1) is 6.92 Å². The summed E-state index contributed by atoms with van der Waals surface area (Å²) >= 11 is 0. The van der Waals surface area contributed by atoms with Crippen molar-refractivity contribution in [2.45, 2.75) is 39.9 Å². The Bertz CT molecular complexity index is 578.